The summed E-state index contributed by atoms with van der Waals surface area (Å²) in [6.45, 7) is 5.57. The van der Waals surface area contributed by atoms with Gasteiger partial charge in [0.15, 0.2) is 11.6 Å². The molecule has 0 amide bonds. The van der Waals surface area contributed by atoms with Crippen molar-refractivity contribution < 1.29 is 19.1 Å². The van der Waals surface area contributed by atoms with Crippen LogP contribution in [0.3, 0.4) is 0 Å². The van der Waals surface area contributed by atoms with Crippen LogP contribution in [0.1, 0.15) is 24.2 Å². The number of carbonyl (C=O) groups is 3. The summed E-state index contributed by atoms with van der Waals surface area (Å²) in [5, 5.41) is 0. The molecular formula is C17H22N2O4. The molecule has 6 heteroatoms. The molecule has 1 saturated heterocycles. The summed E-state index contributed by atoms with van der Waals surface area (Å²) >= 11 is 0. The Labute approximate surface area is 136 Å². The predicted octanol–water partition coefficient (Wildman–Crippen LogP) is 1.14. The zero-order valence-electron chi connectivity index (χ0n) is 13.7. The smallest absolute Gasteiger partial charge is 0.337 e. The molecule has 0 aliphatic carbocycles. The second-order valence-corrected chi connectivity index (χ2v) is 5.69. The first-order valence-corrected chi connectivity index (χ1v) is 7.62. The quantitative estimate of drug-likeness (QED) is 0.599. The topological polar surface area (TPSA) is 66.9 Å². The number of piperazine rings is 1. The Balaban J connectivity index is 2.06. The lowest BCUT2D eigenvalue weighted by molar-refractivity contribution is -0.132. The van der Waals surface area contributed by atoms with Crippen LogP contribution < -0.4 is 4.90 Å². The number of esters is 1. The molecule has 1 aromatic rings. The lowest BCUT2D eigenvalue weighted by atomic mass is 10.1. The van der Waals surface area contributed by atoms with E-state index >= 15 is 0 Å². The first kappa shape index (κ1) is 17.1. The van der Waals surface area contributed by atoms with E-state index in [4.69, 9.17) is 4.74 Å². The third-order valence-electron chi connectivity index (χ3n) is 4.08. The van der Waals surface area contributed by atoms with Gasteiger partial charge in [-0.2, -0.15) is 0 Å². The Bertz CT molecular complexity index is 592. The largest absolute Gasteiger partial charge is 0.465 e. The summed E-state index contributed by atoms with van der Waals surface area (Å²) in [7, 11) is 1.36. The van der Waals surface area contributed by atoms with Gasteiger partial charge in [0.2, 0.25) is 0 Å². The number of ether oxygens (including phenoxy) is 1. The first-order chi connectivity index (χ1) is 10.9. The lowest BCUT2D eigenvalue weighted by Crippen LogP contribution is -2.54. The van der Waals surface area contributed by atoms with Crippen LogP contribution in [-0.4, -0.2) is 61.8 Å². The van der Waals surface area contributed by atoms with Crippen molar-refractivity contribution in [1.29, 1.82) is 0 Å². The van der Waals surface area contributed by atoms with Gasteiger partial charge in [-0.1, -0.05) is 6.07 Å². The van der Waals surface area contributed by atoms with Gasteiger partial charge in [-0.25, -0.2) is 4.79 Å². The molecule has 0 atom stereocenters. The molecule has 0 N–H and O–H groups in total. The highest BCUT2D eigenvalue weighted by Gasteiger charge is 2.30. The molecule has 124 valence electrons. The molecule has 1 aromatic carbocycles. The van der Waals surface area contributed by atoms with Gasteiger partial charge in [-0.3, -0.25) is 14.5 Å². The van der Waals surface area contributed by atoms with Crippen LogP contribution in [0.25, 0.3) is 0 Å². The van der Waals surface area contributed by atoms with Gasteiger partial charge in [0.25, 0.3) is 0 Å². The molecule has 6 nitrogen and oxygen atoms in total. The maximum absolute atomic E-state index is 11.7. The van der Waals surface area contributed by atoms with E-state index in [1.54, 1.807) is 12.1 Å². The van der Waals surface area contributed by atoms with Gasteiger partial charge >= 0.3 is 5.97 Å². The highest BCUT2D eigenvalue weighted by atomic mass is 16.5. The van der Waals surface area contributed by atoms with Crippen LogP contribution in [0.2, 0.25) is 0 Å². The van der Waals surface area contributed by atoms with Gasteiger partial charge in [-0.05, 0) is 32.0 Å². The molecule has 1 fully saturated rings. The summed E-state index contributed by atoms with van der Waals surface area (Å²) in [5.41, 5.74) is 1.45. The molecule has 1 aliphatic heterocycles. The Morgan fingerprint density at radius 1 is 1.04 bits per heavy atom. The van der Waals surface area contributed by atoms with Crippen LogP contribution in [0.4, 0.5) is 5.69 Å². The summed E-state index contributed by atoms with van der Waals surface area (Å²) in [5.74, 6) is -0.587. The number of Topliss-reactive ketones (excluding diaryl/α,β-unsaturated/α-hetero) is 2. The van der Waals surface area contributed by atoms with E-state index in [1.807, 2.05) is 17.0 Å². The molecule has 0 aromatic heterocycles. The number of benzene rings is 1. The van der Waals surface area contributed by atoms with E-state index in [1.165, 1.54) is 21.0 Å². The SMILES string of the molecule is COC(=O)c1cccc(N2CCN(C(C(C)=O)C(C)=O)CC2)c1. The number of carbonyl (C=O) groups excluding carboxylic acids is 3. The van der Waals surface area contributed by atoms with E-state index in [2.05, 4.69) is 4.90 Å². The average molecular weight is 318 g/mol. The number of nitrogens with zero attached hydrogens (tertiary/aromatic N) is 2. The third-order valence-corrected chi connectivity index (χ3v) is 4.08. The summed E-state index contributed by atoms with van der Waals surface area (Å²) in [6, 6.07) is 6.64. The standard InChI is InChI=1S/C17H22N2O4/c1-12(20)16(13(2)21)19-9-7-18(8-10-19)15-6-4-5-14(11-15)17(22)23-3/h4-6,11,16H,7-10H2,1-3H3. The molecule has 0 unspecified atom stereocenters. The molecule has 0 bridgehead atoms. The Kier molecular flexibility index (Phi) is 5.50. The summed E-state index contributed by atoms with van der Waals surface area (Å²) < 4.78 is 4.74. The van der Waals surface area contributed by atoms with Crippen molar-refractivity contribution in [2.24, 2.45) is 0 Å². The van der Waals surface area contributed by atoms with Crippen LogP contribution in [0, 0.1) is 0 Å². The van der Waals surface area contributed by atoms with Crippen LogP contribution >= 0.6 is 0 Å². The first-order valence-electron chi connectivity index (χ1n) is 7.62. The summed E-state index contributed by atoms with van der Waals surface area (Å²) in [6.07, 6.45) is 0. The number of methoxy groups -OCH3 is 1. The monoisotopic (exact) mass is 318 g/mol. The summed E-state index contributed by atoms with van der Waals surface area (Å²) in [4.78, 5) is 39.0. The fraction of sp³-hybridized carbons (Fsp3) is 0.471. The minimum atomic E-state index is -0.640. The number of ketones is 2. The normalized spacial score (nSPS) is 15.6. The predicted molar refractivity (Wildman–Crippen MR) is 86.7 cm³/mol. The lowest BCUT2D eigenvalue weighted by Gasteiger charge is -2.38. The maximum atomic E-state index is 11.7. The Morgan fingerprint density at radius 3 is 2.17 bits per heavy atom. The number of anilines is 1. The van der Waals surface area contributed by atoms with E-state index in [0.29, 0.717) is 31.7 Å². The maximum Gasteiger partial charge on any atom is 0.337 e. The molecule has 1 aliphatic rings. The van der Waals surface area contributed by atoms with Crippen molar-refractivity contribution >= 4 is 23.2 Å². The third kappa shape index (κ3) is 3.96. The van der Waals surface area contributed by atoms with E-state index in [0.717, 1.165) is 5.69 Å². The molecule has 1 heterocycles. The minimum Gasteiger partial charge on any atom is -0.465 e. The van der Waals surface area contributed by atoms with Gasteiger partial charge < -0.3 is 9.64 Å². The van der Waals surface area contributed by atoms with Crippen LogP contribution in [-0.2, 0) is 14.3 Å². The van der Waals surface area contributed by atoms with Gasteiger partial charge in [0.1, 0.15) is 6.04 Å². The molecule has 0 spiro atoms. The second-order valence-electron chi connectivity index (χ2n) is 5.69. The van der Waals surface area contributed by atoms with E-state index in [-0.39, 0.29) is 17.5 Å². The molecule has 23 heavy (non-hydrogen) atoms. The molecule has 2 rings (SSSR count). The van der Waals surface area contributed by atoms with E-state index in [9.17, 15) is 14.4 Å². The van der Waals surface area contributed by atoms with Crippen molar-refractivity contribution in [3.63, 3.8) is 0 Å². The van der Waals surface area contributed by atoms with Crippen LogP contribution in [0.5, 0.6) is 0 Å². The van der Waals surface area contributed by atoms with Crippen molar-refractivity contribution in [3.05, 3.63) is 29.8 Å². The zero-order chi connectivity index (χ0) is 17.0. The molecular weight excluding hydrogens is 296 g/mol. The number of rotatable bonds is 5. The Hall–Kier alpha value is -2.21. The highest BCUT2D eigenvalue weighted by molar-refractivity contribution is 6.04. The fourth-order valence-corrected chi connectivity index (χ4v) is 2.99. The fourth-order valence-electron chi connectivity index (χ4n) is 2.99. The van der Waals surface area contributed by atoms with Crippen molar-refractivity contribution in [1.82, 2.24) is 4.90 Å². The van der Waals surface area contributed by atoms with Crippen molar-refractivity contribution in [2.45, 2.75) is 19.9 Å². The van der Waals surface area contributed by atoms with Crippen molar-refractivity contribution in [2.75, 3.05) is 38.2 Å². The molecule has 0 radical (unpaired) electrons. The number of hydrogen-bond acceptors (Lipinski definition) is 6. The molecule has 0 saturated carbocycles. The van der Waals surface area contributed by atoms with Crippen molar-refractivity contribution in [3.8, 4) is 0 Å². The van der Waals surface area contributed by atoms with E-state index < -0.39 is 6.04 Å². The minimum absolute atomic E-state index is 0.112. The van der Waals surface area contributed by atoms with Gasteiger partial charge in [-0.15, -0.1) is 0 Å². The number of hydrogen-bond donors (Lipinski definition) is 0. The highest BCUT2D eigenvalue weighted by Crippen LogP contribution is 2.19. The second kappa shape index (κ2) is 7.37. The average Bonchev–Trinajstić information content (AvgIpc) is 2.54. The Morgan fingerprint density at radius 2 is 1.65 bits per heavy atom. The van der Waals surface area contributed by atoms with Crippen LogP contribution in [0.15, 0.2) is 24.3 Å². The van der Waals surface area contributed by atoms with Gasteiger partial charge in [0, 0.05) is 31.9 Å². The zero-order valence-corrected chi connectivity index (χ0v) is 13.7. The van der Waals surface area contributed by atoms with Gasteiger partial charge in [0.05, 0.1) is 12.7 Å².